The van der Waals surface area contributed by atoms with Crippen molar-refractivity contribution in [1.29, 1.82) is 0 Å². The smallest absolute Gasteiger partial charge is 0.326 e. The number of rotatable bonds is 5. The molecule has 0 saturated carbocycles. The molecule has 2 aliphatic heterocycles. The standard InChI is InChI=1S/C21H27N3O5/c1-14-8-7-9-15(2)24(14)17(25)13-29-18(26)12-23-19(27)21(3,22-20(23)28)16-10-5-4-6-11-16/h4-6,10-11,14-15H,7-9,12-13H2,1-3H3,(H,22,28)/t14-,15+,21-/m1/s1. The third-order valence-electron chi connectivity index (χ3n) is 5.75. The first kappa shape index (κ1) is 20.8. The Morgan fingerprint density at radius 3 is 2.38 bits per heavy atom. The Labute approximate surface area is 170 Å². The van der Waals surface area contributed by atoms with Crippen molar-refractivity contribution < 1.29 is 23.9 Å². The molecule has 3 atom stereocenters. The number of nitrogens with zero attached hydrogens (tertiary/aromatic N) is 2. The Morgan fingerprint density at radius 2 is 1.76 bits per heavy atom. The Kier molecular flexibility index (Phi) is 5.91. The maximum Gasteiger partial charge on any atom is 0.326 e. The molecular weight excluding hydrogens is 374 g/mol. The fourth-order valence-corrected chi connectivity index (χ4v) is 4.11. The largest absolute Gasteiger partial charge is 0.454 e. The second-order valence-corrected chi connectivity index (χ2v) is 7.90. The molecule has 0 bridgehead atoms. The third-order valence-corrected chi connectivity index (χ3v) is 5.75. The van der Waals surface area contributed by atoms with Crippen LogP contribution in [0.1, 0.15) is 45.6 Å². The zero-order valence-corrected chi connectivity index (χ0v) is 17.0. The number of carbonyl (C=O) groups excluding carboxylic acids is 4. The lowest BCUT2D eigenvalue weighted by atomic mass is 9.92. The molecular formula is C21H27N3O5. The number of esters is 1. The molecule has 0 spiro atoms. The lowest BCUT2D eigenvalue weighted by Crippen LogP contribution is -2.49. The van der Waals surface area contributed by atoms with E-state index in [0.717, 1.165) is 24.2 Å². The number of imide groups is 1. The van der Waals surface area contributed by atoms with E-state index in [9.17, 15) is 19.2 Å². The molecule has 4 amide bonds. The highest BCUT2D eigenvalue weighted by atomic mass is 16.5. The minimum absolute atomic E-state index is 0.0995. The second-order valence-electron chi connectivity index (χ2n) is 7.90. The van der Waals surface area contributed by atoms with Gasteiger partial charge in [0, 0.05) is 12.1 Å². The van der Waals surface area contributed by atoms with Gasteiger partial charge >= 0.3 is 12.0 Å². The molecule has 0 aromatic heterocycles. The Morgan fingerprint density at radius 1 is 1.14 bits per heavy atom. The van der Waals surface area contributed by atoms with Crippen molar-refractivity contribution in [1.82, 2.24) is 15.1 Å². The van der Waals surface area contributed by atoms with Crippen LogP contribution >= 0.6 is 0 Å². The molecule has 1 N–H and O–H groups in total. The summed E-state index contributed by atoms with van der Waals surface area (Å²) >= 11 is 0. The van der Waals surface area contributed by atoms with Gasteiger partial charge in [-0.25, -0.2) is 4.79 Å². The summed E-state index contributed by atoms with van der Waals surface area (Å²) in [4.78, 5) is 52.4. The summed E-state index contributed by atoms with van der Waals surface area (Å²) < 4.78 is 5.08. The first-order valence-corrected chi connectivity index (χ1v) is 9.90. The molecule has 2 fully saturated rings. The van der Waals surface area contributed by atoms with Crippen molar-refractivity contribution in [2.75, 3.05) is 13.2 Å². The molecule has 1 aromatic rings. The van der Waals surface area contributed by atoms with Gasteiger partial charge in [-0.1, -0.05) is 30.3 Å². The van der Waals surface area contributed by atoms with E-state index >= 15 is 0 Å². The number of hydrogen-bond donors (Lipinski definition) is 1. The van der Waals surface area contributed by atoms with E-state index in [0.29, 0.717) is 5.56 Å². The highest BCUT2D eigenvalue weighted by Gasteiger charge is 2.49. The second kappa shape index (κ2) is 8.23. The maximum atomic E-state index is 12.8. The zero-order valence-electron chi connectivity index (χ0n) is 17.0. The van der Waals surface area contributed by atoms with Crippen LogP contribution in [0.4, 0.5) is 4.79 Å². The molecule has 156 valence electrons. The lowest BCUT2D eigenvalue weighted by Gasteiger charge is -2.38. The Hall–Kier alpha value is -2.90. The molecule has 0 radical (unpaired) electrons. The monoisotopic (exact) mass is 401 g/mol. The zero-order chi connectivity index (χ0) is 21.2. The first-order valence-electron chi connectivity index (χ1n) is 9.90. The fraction of sp³-hybridized carbons (Fsp3) is 0.524. The molecule has 2 heterocycles. The number of piperidine rings is 1. The summed E-state index contributed by atoms with van der Waals surface area (Å²) in [7, 11) is 0. The minimum Gasteiger partial charge on any atom is -0.454 e. The summed E-state index contributed by atoms with van der Waals surface area (Å²) in [6.07, 6.45) is 2.91. The fourth-order valence-electron chi connectivity index (χ4n) is 4.11. The number of amides is 4. The van der Waals surface area contributed by atoms with Crippen LogP contribution in [0, 0.1) is 0 Å². The van der Waals surface area contributed by atoms with E-state index < -0.39 is 36.6 Å². The van der Waals surface area contributed by atoms with Crippen LogP contribution in [0.25, 0.3) is 0 Å². The van der Waals surface area contributed by atoms with E-state index in [1.807, 2.05) is 19.9 Å². The summed E-state index contributed by atoms with van der Waals surface area (Å²) in [6.45, 7) is 4.62. The van der Waals surface area contributed by atoms with E-state index in [4.69, 9.17) is 4.74 Å². The molecule has 2 aliphatic rings. The summed E-state index contributed by atoms with van der Waals surface area (Å²) in [5, 5.41) is 2.63. The molecule has 0 aliphatic carbocycles. The average Bonchev–Trinajstić information content (AvgIpc) is 2.91. The van der Waals surface area contributed by atoms with E-state index in [2.05, 4.69) is 5.32 Å². The molecule has 8 heteroatoms. The average molecular weight is 401 g/mol. The van der Waals surface area contributed by atoms with Gasteiger partial charge in [0.05, 0.1) is 0 Å². The van der Waals surface area contributed by atoms with Crippen LogP contribution in [0.15, 0.2) is 30.3 Å². The SMILES string of the molecule is C[C@@H]1CCC[C@H](C)N1C(=O)COC(=O)CN1C(=O)N[C@](C)(c2ccccc2)C1=O. The normalized spacial score (nSPS) is 27.0. The van der Waals surface area contributed by atoms with Crippen LogP contribution in [0.5, 0.6) is 0 Å². The van der Waals surface area contributed by atoms with Gasteiger partial charge in [0.25, 0.3) is 11.8 Å². The number of carbonyl (C=O) groups is 4. The Balaban J connectivity index is 1.59. The highest BCUT2D eigenvalue weighted by molar-refractivity contribution is 6.08. The van der Waals surface area contributed by atoms with Gasteiger partial charge in [0.1, 0.15) is 12.1 Å². The van der Waals surface area contributed by atoms with Crippen molar-refractivity contribution >= 4 is 23.8 Å². The summed E-state index contributed by atoms with van der Waals surface area (Å²) in [5.74, 6) is -1.59. The number of benzene rings is 1. The predicted octanol–water partition coefficient (Wildman–Crippen LogP) is 1.79. The molecule has 0 unspecified atom stereocenters. The van der Waals surface area contributed by atoms with Crippen LogP contribution in [-0.4, -0.2) is 58.8 Å². The van der Waals surface area contributed by atoms with Crippen LogP contribution in [0.3, 0.4) is 0 Å². The minimum atomic E-state index is -1.24. The number of nitrogens with one attached hydrogen (secondary N) is 1. The molecule has 1 aromatic carbocycles. The van der Waals surface area contributed by atoms with Gasteiger partial charge in [-0.15, -0.1) is 0 Å². The topological polar surface area (TPSA) is 96.0 Å². The Bertz CT molecular complexity index is 802. The van der Waals surface area contributed by atoms with Crippen LogP contribution in [-0.2, 0) is 24.7 Å². The lowest BCUT2D eigenvalue weighted by molar-refractivity contribution is -0.156. The van der Waals surface area contributed by atoms with Crippen molar-refractivity contribution in [3.63, 3.8) is 0 Å². The van der Waals surface area contributed by atoms with Gasteiger partial charge in [-0.2, -0.15) is 0 Å². The predicted molar refractivity (Wildman–Crippen MR) is 105 cm³/mol. The maximum absolute atomic E-state index is 12.8. The summed E-state index contributed by atoms with van der Waals surface area (Å²) in [6, 6.07) is 8.35. The van der Waals surface area contributed by atoms with Crippen molar-refractivity contribution in [3.05, 3.63) is 35.9 Å². The quantitative estimate of drug-likeness (QED) is 0.599. The van der Waals surface area contributed by atoms with Gasteiger partial charge in [-0.05, 0) is 45.6 Å². The van der Waals surface area contributed by atoms with Gasteiger partial charge in [0.15, 0.2) is 6.61 Å². The number of urea groups is 1. The van der Waals surface area contributed by atoms with E-state index in [1.54, 1.807) is 36.1 Å². The molecule has 29 heavy (non-hydrogen) atoms. The first-order chi connectivity index (χ1) is 13.7. The van der Waals surface area contributed by atoms with Crippen LogP contribution in [0.2, 0.25) is 0 Å². The van der Waals surface area contributed by atoms with Gasteiger partial charge < -0.3 is 15.0 Å². The number of ether oxygens (including phenoxy) is 1. The molecule has 2 saturated heterocycles. The van der Waals surface area contributed by atoms with E-state index in [1.165, 1.54) is 0 Å². The van der Waals surface area contributed by atoms with Crippen molar-refractivity contribution in [2.24, 2.45) is 0 Å². The van der Waals surface area contributed by atoms with Gasteiger partial charge in [-0.3, -0.25) is 19.3 Å². The van der Waals surface area contributed by atoms with Crippen molar-refractivity contribution in [3.8, 4) is 0 Å². The number of hydrogen-bond acceptors (Lipinski definition) is 5. The molecule has 3 rings (SSSR count). The number of likely N-dealkylation sites (tertiary alicyclic amines) is 1. The van der Waals surface area contributed by atoms with Crippen LogP contribution < -0.4 is 5.32 Å². The molecule has 8 nitrogen and oxygen atoms in total. The third kappa shape index (κ3) is 4.11. The summed E-state index contributed by atoms with van der Waals surface area (Å²) in [5.41, 5.74) is -0.620. The van der Waals surface area contributed by atoms with Crippen molar-refractivity contribution in [2.45, 2.75) is 57.7 Å². The van der Waals surface area contributed by atoms with Gasteiger partial charge in [0.2, 0.25) is 0 Å². The highest BCUT2D eigenvalue weighted by Crippen LogP contribution is 2.28. The van der Waals surface area contributed by atoms with E-state index in [-0.39, 0.29) is 18.0 Å².